The predicted molar refractivity (Wildman–Crippen MR) is 103 cm³/mol. The number of fused-ring (bicyclic) bond motifs is 1. The van der Waals surface area contributed by atoms with E-state index in [1.165, 1.54) is 6.20 Å². The highest BCUT2D eigenvalue weighted by atomic mass is 19.3. The zero-order chi connectivity index (χ0) is 21.0. The Hall–Kier alpha value is -3.07. The summed E-state index contributed by atoms with van der Waals surface area (Å²) in [6.45, 7) is 3.20. The summed E-state index contributed by atoms with van der Waals surface area (Å²) in [7, 11) is 0. The van der Waals surface area contributed by atoms with E-state index in [-0.39, 0.29) is 12.2 Å². The Bertz CT molecular complexity index is 1000. The SMILES string of the molecule is Cc1ccc(Cn2cc3c(C(=O)NCC(C)O)nccc3n2)cc1OCC(F)F. The second-order valence-electron chi connectivity index (χ2n) is 6.78. The number of aliphatic hydroxyl groups excluding tert-OH is 1. The Labute approximate surface area is 166 Å². The molecule has 29 heavy (non-hydrogen) atoms. The summed E-state index contributed by atoms with van der Waals surface area (Å²) in [5.74, 6) is 0.00781. The monoisotopic (exact) mass is 404 g/mol. The third-order valence-electron chi connectivity index (χ3n) is 4.22. The molecule has 0 aliphatic rings. The maximum absolute atomic E-state index is 12.4. The third kappa shape index (κ3) is 5.26. The van der Waals surface area contributed by atoms with Crippen LogP contribution in [-0.2, 0) is 6.54 Å². The summed E-state index contributed by atoms with van der Waals surface area (Å²) in [6, 6.07) is 7.07. The first-order valence-electron chi connectivity index (χ1n) is 9.12. The molecule has 1 atom stereocenters. The molecule has 2 N–H and O–H groups in total. The average Bonchev–Trinajstić information content (AvgIpc) is 3.08. The van der Waals surface area contributed by atoms with Crippen LogP contribution in [0.3, 0.4) is 0 Å². The van der Waals surface area contributed by atoms with E-state index in [0.29, 0.717) is 23.2 Å². The Balaban J connectivity index is 1.82. The number of alkyl halides is 2. The average molecular weight is 404 g/mol. The number of nitrogens with zero attached hydrogens (tertiary/aromatic N) is 3. The van der Waals surface area contributed by atoms with Gasteiger partial charge in [0.25, 0.3) is 12.3 Å². The molecule has 0 aliphatic heterocycles. The van der Waals surface area contributed by atoms with Crippen LogP contribution >= 0.6 is 0 Å². The first kappa shape index (κ1) is 20.7. The zero-order valence-corrected chi connectivity index (χ0v) is 16.1. The minimum Gasteiger partial charge on any atom is -0.487 e. The van der Waals surface area contributed by atoms with Crippen LogP contribution in [0.5, 0.6) is 5.75 Å². The van der Waals surface area contributed by atoms with Gasteiger partial charge in [0.2, 0.25) is 0 Å². The van der Waals surface area contributed by atoms with Gasteiger partial charge >= 0.3 is 0 Å². The summed E-state index contributed by atoms with van der Waals surface area (Å²) >= 11 is 0. The van der Waals surface area contributed by atoms with E-state index in [1.54, 1.807) is 42.9 Å². The number of ether oxygens (including phenoxy) is 1. The second-order valence-corrected chi connectivity index (χ2v) is 6.78. The Morgan fingerprint density at radius 3 is 2.86 bits per heavy atom. The number of benzene rings is 1. The first-order valence-corrected chi connectivity index (χ1v) is 9.12. The molecular weight excluding hydrogens is 382 g/mol. The minimum absolute atomic E-state index is 0.121. The lowest BCUT2D eigenvalue weighted by atomic mass is 10.1. The molecule has 1 unspecified atom stereocenters. The minimum atomic E-state index is -2.54. The number of pyridine rings is 1. The van der Waals surface area contributed by atoms with Crippen LogP contribution in [0, 0.1) is 6.92 Å². The summed E-state index contributed by atoms with van der Waals surface area (Å²) in [6.07, 6.45) is 0.00225. The standard InChI is InChI=1S/C20H22F2N4O3/c1-12-3-4-14(7-17(12)29-11-18(21)22)9-26-10-15-16(25-26)5-6-23-19(15)20(28)24-8-13(2)27/h3-7,10,13,18,27H,8-9,11H2,1-2H3,(H,24,28). The third-order valence-corrected chi connectivity index (χ3v) is 4.22. The number of rotatable bonds is 8. The van der Waals surface area contributed by atoms with E-state index in [4.69, 9.17) is 4.74 Å². The first-order chi connectivity index (χ1) is 13.8. The van der Waals surface area contributed by atoms with Crippen molar-refractivity contribution in [2.45, 2.75) is 32.9 Å². The lowest BCUT2D eigenvalue weighted by Crippen LogP contribution is -2.31. The number of aliphatic hydroxyl groups is 1. The molecule has 9 heteroatoms. The van der Waals surface area contributed by atoms with Crippen molar-refractivity contribution in [1.82, 2.24) is 20.1 Å². The van der Waals surface area contributed by atoms with Gasteiger partial charge in [-0.3, -0.25) is 14.5 Å². The van der Waals surface area contributed by atoms with Crippen molar-refractivity contribution < 1.29 is 23.4 Å². The fourth-order valence-corrected chi connectivity index (χ4v) is 2.82. The number of aromatic nitrogens is 3. The topological polar surface area (TPSA) is 89.3 Å². The van der Waals surface area contributed by atoms with E-state index >= 15 is 0 Å². The molecule has 0 bridgehead atoms. The number of aryl methyl sites for hydroxylation is 1. The lowest BCUT2D eigenvalue weighted by molar-refractivity contribution is 0.0815. The van der Waals surface area contributed by atoms with Gasteiger partial charge in [-0.1, -0.05) is 12.1 Å². The summed E-state index contributed by atoms with van der Waals surface area (Å²) in [5.41, 5.74) is 2.41. The normalized spacial score (nSPS) is 12.3. The largest absolute Gasteiger partial charge is 0.487 e. The molecule has 7 nitrogen and oxygen atoms in total. The van der Waals surface area contributed by atoms with E-state index in [9.17, 15) is 18.7 Å². The predicted octanol–water partition coefficient (Wildman–Crippen LogP) is 2.54. The van der Waals surface area contributed by atoms with E-state index in [1.807, 2.05) is 6.07 Å². The molecule has 3 rings (SSSR count). The van der Waals surface area contributed by atoms with E-state index in [2.05, 4.69) is 15.4 Å². The highest BCUT2D eigenvalue weighted by Crippen LogP contribution is 2.22. The molecule has 0 saturated carbocycles. The Morgan fingerprint density at radius 2 is 2.14 bits per heavy atom. The highest BCUT2D eigenvalue weighted by molar-refractivity contribution is 6.04. The fraction of sp³-hybridized carbons (Fsp3) is 0.350. The van der Waals surface area contributed by atoms with Crippen molar-refractivity contribution in [3.8, 4) is 5.75 Å². The number of amides is 1. The maximum atomic E-state index is 12.4. The fourth-order valence-electron chi connectivity index (χ4n) is 2.82. The van der Waals surface area contributed by atoms with Gasteiger partial charge in [-0.05, 0) is 37.1 Å². The van der Waals surface area contributed by atoms with Gasteiger partial charge < -0.3 is 15.2 Å². The summed E-state index contributed by atoms with van der Waals surface area (Å²) in [5, 5.41) is 17.0. The molecule has 0 spiro atoms. The van der Waals surface area contributed by atoms with Crippen molar-refractivity contribution in [2.24, 2.45) is 0 Å². The van der Waals surface area contributed by atoms with Crippen molar-refractivity contribution in [3.63, 3.8) is 0 Å². The molecule has 0 saturated heterocycles. The van der Waals surface area contributed by atoms with Crippen molar-refractivity contribution in [2.75, 3.05) is 13.2 Å². The molecule has 0 radical (unpaired) electrons. The van der Waals surface area contributed by atoms with Gasteiger partial charge in [0.1, 0.15) is 18.1 Å². The van der Waals surface area contributed by atoms with Crippen molar-refractivity contribution in [3.05, 3.63) is 53.5 Å². The van der Waals surface area contributed by atoms with Crippen LogP contribution in [-0.4, -0.2) is 51.5 Å². The van der Waals surface area contributed by atoms with Crippen molar-refractivity contribution in [1.29, 1.82) is 0 Å². The quantitative estimate of drug-likeness (QED) is 0.602. The van der Waals surface area contributed by atoms with Gasteiger partial charge in [-0.25, -0.2) is 8.78 Å². The van der Waals surface area contributed by atoms with Crippen LogP contribution in [0.2, 0.25) is 0 Å². The molecule has 154 valence electrons. The molecule has 2 heterocycles. The number of hydrogen-bond acceptors (Lipinski definition) is 5. The van der Waals surface area contributed by atoms with Gasteiger partial charge in [0.15, 0.2) is 0 Å². The van der Waals surface area contributed by atoms with E-state index < -0.39 is 25.0 Å². The molecule has 0 aliphatic carbocycles. The van der Waals surface area contributed by atoms with Gasteiger partial charge in [0.05, 0.1) is 23.6 Å². The van der Waals surface area contributed by atoms with Gasteiger partial charge in [-0.15, -0.1) is 0 Å². The second kappa shape index (κ2) is 8.95. The van der Waals surface area contributed by atoms with Crippen LogP contribution in [0.4, 0.5) is 8.78 Å². The lowest BCUT2D eigenvalue weighted by Gasteiger charge is -2.11. The molecule has 0 fully saturated rings. The molecule has 1 amide bonds. The number of carbonyl (C=O) groups is 1. The van der Waals surface area contributed by atoms with Crippen LogP contribution in [0.25, 0.3) is 10.9 Å². The molecular formula is C20H22F2N4O3. The number of halogens is 2. The maximum Gasteiger partial charge on any atom is 0.272 e. The van der Waals surface area contributed by atoms with Crippen LogP contribution in [0.15, 0.2) is 36.7 Å². The summed E-state index contributed by atoms with van der Waals surface area (Å²) < 4.78 is 31.7. The highest BCUT2D eigenvalue weighted by Gasteiger charge is 2.15. The van der Waals surface area contributed by atoms with Crippen molar-refractivity contribution >= 4 is 16.8 Å². The van der Waals surface area contributed by atoms with Gasteiger partial charge in [-0.2, -0.15) is 5.10 Å². The number of carbonyl (C=O) groups excluding carboxylic acids is 1. The molecule has 3 aromatic rings. The molecule has 1 aromatic carbocycles. The smallest absolute Gasteiger partial charge is 0.272 e. The van der Waals surface area contributed by atoms with Gasteiger partial charge in [0, 0.05) is 18.9 Å². The number of nitrogens with one attached hydrogen (secondary N) is 1. The molecule has 2 aromatic heterocycles. The summed E-state index contributed by atoms with van der Waals surface area (Å²) in [4.78, 5) is 16.5. The Kier molecular flexibility index (Phi) is 6.38. The Morgan fingerprint density at radius 1 is 1.34 bits per heavy atom. The van der Waals surface area contributed by atoms with Crippen LogP contribution in [0.1, 0.15) is 28.5 Å². The van der Waals surface area contributed by atoms with Crippen LogP contribution < -0.4 is 10.1 Å². The zero-order valence-electron chi connectivity index (χ0n) is 16.1. The number of hydrogen-bond donors (Lipinski definition) is 2. The van der Waals surface area contributed by atoms with E-state index in [0.717, 1.165) is 11.1 Å².